The number of halogens is 1. The molecule has 0 radical (unpaired) electrons. The molecular formula is C25H33FN4O4. The Bertz CT molecular complexity index is 980. The predicted molar refractivity (Wildman–Crippen MR) is 126 cm³/mol. The normalized spacial score (nSPS) is 20.9. The average Bonchev–Trinajstić information content (AvgIpc) is 3.18. The van der Waals surface area contributed by atoms with Crippen LogP contribution in [-0.4, -0.2) is 65.9 Å². The molecule has 0 bridgehead atoms. The molecule has 9 heteroatoms. The highest BCUT2D eigenvalue weighted by atomic mass is 19.1. The number of dihydropyridines is 1. The minimum absolute atomic E-state index is 0.116. The van der Waals surface area contributed by atoms with E-state index >= 15 is 0 Å². The Labute approximate surface area is 199 Å². The molecule has 1 unspecified atom stereocenters. The largest absolute Gasteiger partial charge is 0.491 e. The average molecular weight is 473 g/mol. The van der Waals surface area contributed by atoms with Crippen molar-refractivity contribution < 1.29 is 23.8 Å². The fraction of sp³-hybridized carbons (Fsp3) is 0.520. The molecular weight excluding hydrogens is 439 g/mol. The van der Waals surface area contributed by atoms with Crippen LogP contribution in [0.5, 0.6) is 5.75 Å². The molecule has 2 atom stereocenters. The van der Waals surface area contributed by atoms with Crippen LogP contribution in [0, 0.1) is 5.82 Å². The summed E-state index contributed by atoms with van der Waals surface area (Å²) in [6.45, 7) is 4.62. The molecule has 4 rings (SSSR count). The van der Waals surface area contributed by atoms with Crippen LogP contribution in [0.3, 0.4) is 0 Å². The summed E-state index contributed by atoms with van der Waals surface area (Å²) in [5.41, 5.74) is 2.99. The molecule has 3 aliphatic rings. The van der Waals surface area contributed by atoms with Crippen LogP contribution in [0.1, 0.15) is 50.6 Å². The molecule has 0 aromatic heterocycles. The van der Waals surface area contributed by atoms with Gasteiger partial charge in [-0.05, 0) is 68.5 Å². The van der Waals surface area contributed by atoms with E-state index in [0.29, 0.717) is 31.8 Å². The Morgan fingerprint density at radius 2 is 2.18 bits per heavy atom. The second-order valence-corrected chi connectivity index (χ2v) is 8.87. The van der Waals surface area contributed by atoms with E-state index < -0.39 is 17.8 Å². The van der Waals surface area contributed by atoms with Crippen molar-refractivity contribution in [2.24, 2.45) is 0 Å². The van der Waals surface area contributed by atoms with E-state index in [2.05, 4.69) is 22.8 Å². The van der Waals surface area contributed by atoms with Crippen molar-refractivity contribution >= 4 is 12.0 Å². The van der Waals surface area contributed by atoms with Gasteiger partial charge in [0.2, 0.25) is 0 Å². The maximum Gasteiger partial charge on any atom is 0.320 e. The molecule has 0 saturated carbocycles. The Morgan fingerprint density at radius 3 is 2.94 bits per heavy atom. The van der Waals surface area contributed by atoms with Crippen LogP contribution in [0.2, 0.25) is 0 Å². The first-order valence-corrected chi connectivity index (χ1v) is 12.1. The maximum atomic E-state index is 14.4. The standard InChI is InChI=1S/C25H33FN4O4/c1-2-34-22-10-8-18(15-20(22)26)21(16-23(31)32)30-14-13-29(25(30)33)12-4-6-19-9-7-17-5-3-11-27-24(17)28-19/h7-10,15,21,24,27-28H,2-6,11-14,16H2,1H3,(H,31,32)/t21-,24?/m0/s1. The summed E-state index contributed by atoms with van der Waals surface area (Å²) in [4.78, 5) is 28.0. The Hall–Kier alpha value is -3.07. The van der Waals surface area contributed by atoms with Gasteiger partial charge in [0, 0.05) is 25.3 Å². The highest BCUT2D eigenvalue weighted by molar-refractivity contribution is 5.78. The Balaban J connectivity index is 1.36. The van der Waals surface area contributed by atoms with Gasteiger partial charge < -0.3 is 25.0 Å². The molecule has 2 amide bonds. The first-order chi connectivity index (χ1) is 16.5. The first-order valence-electron chi connectivity index (χ1n) is 12.1. The molecule has 3 N–H and O–H groups in total. The zero-order valence-corrected chi connectivity index (χ0v) is 19.6. The molecule has 1 aromatic carbocycles. The van der Waals surface area contributed by atoms with Crippen molar-refractivity contribution in [1.29, 1.82) is 0 Å². The summed E-state index contributed by atoms with van der Waals surface area (Å²) < 4.78 is 19.7. The van der Waals surface area contributed by atoms with Gasteiger partial charge in [0.05, 0.1) is 25.2 Å². The number of carboxylic acids is 1. The number of hydrogen-bond acceptors (Lipinski definition) is 5. The van der Waals surface area contributed by atoms with Crippen LogP contribution in [0.15, 0.2) is 41.6 Å². The lowest BCUT2D eigenvalue weighted by Gasteiger charge is -2.32. The number of urea groups is 1. The number of carboxylic acid groups (broad SMARTS) is 1. The van der Waals surface area contributed by atoms with E-state index in [-0.39, 0.29) is 24.4 Å². The third kappa shape index (κ3) is 5.52. The quantitative estimate of drug-likeness (QED) is 0.483. The Morgan fingerprint density at radius 1 is 1.32 bits per heavy atom. The lowest BCUT2D eigenvalue weighted by molar-refractivity contribution is -0.138. The zero-order valence-electron chi connectivity index (χ0n) is 19.6. The number of amides is 2. The van der Waals surface area contributed by atoms with Gasteiger partial charge in [0.1, 0.15) is 0 Å². The number of allylic oxidation sites excluding steroid dienone is 3. The van der Waals surface area contributed by atoms with E-state index in [1.807, 2.05) is 0 Å². The van der Waals surface area contributed by atoms with Gasteiger partial charge in [-0.25, -0.2) is 9.18 Å². The van der Waals surface area contributed by atoms with Gasteiger partial charge in [-0.1, -0.05) is 12.1 Å². The van der Waals surface area contributed by atoms with Crippen LogP contribution in [0.4, 0.5) is 9.18 Å². The number of nitrogens with one attached hydrogen (secondary N) is 2. The summed E-state index contributed by atoms with van der Waals surface area (Å²) in [5, 5.41) is 16.5. The van der Waals surface area contributed by atoms with Crippen molar-refractivity contribution in [2.45, 2.75) is 51.2 Å². The van der Waals surface area contributed by atoms with E-state index in [4.69, 9.17) is 4.74 Å². The van der Waals surface area contributed by atoms with Gasteiger partial charge in [-0.15, -0.1) is 0 Å². The van der Waals surface area contributed by atoms with E-state index in [0.717, 1.165) is 37.9 Å². The van der Waals surface area contributed by atoms with Crippen molar-refractivity contribution in [3.8, 4) is 5.75 Å². The summed E-state index contributed by atoms with van der Waals surface area (Å²) in [5.74, 6) is -1.48. The first kappa shape index (κ1) is 24.1. The third-order valence-corrected chi connectivity index (χ3v) is 6.58. The summed E-state index contributed by atoms with van der Waals surface area (Å²) in [6.07, 6.45) is 8.15. The number of carbonyl (C=O) groups is 2. The summed E-state index contributed by atoms with van der Waals surface area (Å²) in [6, 6.07) is 3.47. The minimum Gasteiger partial charge on any atom is -0.491 e. The predicted octanol–water partition coefficient (Wildman–Crippen LogP) is 3.38. The van der Waals surface area contributed by atoms with Gasteiger partial charge in [0.15, 0.2) is 11.6 Å². The number of carbonyl (C=O) groups excluding carboxylic acids is 1. The third-order valence-electron chi connectivity index (χ3n) is 6.58. The molecule has 184 valence electrons. The van der Waals surface area contributed by atoms with Gasteiger partial charge in [0.25, 0.3) is 0 Å². The fourth-order valence-corrected chi connectivity index (χ4v) is 4.86. The number of aliphatic carboxylic acids is 1. The van der Waals surface area contributed by atoms with Crippen LogP contribution >= 0.6 is 0 Å². The molecule has 2 saturated heterocycles. The van der Waals surface area contributed by atoms with Crippen LogP contribution in [-0.2, 0) is 4.79 Å². The molecule has 8 nitrogen and oxygen atoms in total. The van der Waals surface area contributed by atoms with E-state index in [1.165, 1.54) is 17.7 Å². The van der Waals surface area contributed by atoms with Crippen molar-refractivity contribution in [3.63, 3.8) is 0 Å². The highest BCUT2D eigenvalue weighted by Crippen LogP contribution is 2.31. The lowest BCUT2D eigenvalue weighted by Crippen LogP contribution is -2.47. The molecule has 1 aromatic rings. The fourth-order valence-electron chi connectivity index (χ4n) is 4.86. The number of piperidine rings is 1. The molecule has 3 heterocycles. The molecule has 0 aliphatic carbocycles. The minimum atomic E-state index is -1.04. The van der Waals surface area contributed by atoms with Gasteiger partial charge in [-0.3, -0.25) is 10.1 Å². The van der Waals surface area contributed by atoms with Gasteiger partial charge in [-0.2, -0.15) is 0 Å². The Kier molecular flexibility index (Phi) is 7.72. The summed E-state index contributed by atoms with van der Waals surface area (Å²) in [7, 11) is 0. The highest BCUT2D eigenvalue weighted by Gasteiger charge is 2.35. The second-order valence-electron chi connectivity index (χ2n) is 8.87. The lowest BCUT2D eigenvalue weighted by atomic mass is 9.99. The number of ether oxygens (including phenoxy) is 1. The molecule has 3 aliphatic heterocycles. The van der Waals surface area contributed by atoms with E-state index in [1.54, 1.807) is 22.8 Å². The van der Waals surface area contributed by atoms with Crippen molar-refractivity contribution in [1.82, 2.24) is 20.4 Å². The summed E-state index contributed by atoms with van der Waals surface area (Å²) >= 11 is 0. The topological polar surface area (TPSA) is 94.1 Å². The maximum absolute atomic E-state index is 14.4. The van der Waals surface area contributed by atoms with Crippen LogP contribution in [0.25, 0.3) is 0 Å². The number of benzene rings is 1. The van der Waals surface area contributed by atoms with Crippen molar-refractivity contribution in [2.75, 3.05) is 32.8 Å². The molecule has 0 spiro atoms. The van der Waals surface area contributed by atoms with E-state index in [9.17, 15) is 19.1 Å². The van der Waals surface area contributed by atoms with Crippen molar-refractivity contribution in [3.05, 3.63) is 53.0 Å². The SMILES string of the molecule is CCOc1ccc([C@H](CC(=O)O)N2CCN(CCCC3=CC=C4CCCNC4N3)C2=O)cc1F. The zero-order chi connectivity index (χ0) is 24.1. The molecule has 34 heavy (non-hydrogen) atoms. The monoisotopic (exact) mass is 472 g/mol. The smallest absolute Gasteiger partial charge is 0.320 e. The number of fused-ring (bicyclic) bond motifs is 1. The molecule has 2 fully saturated rings. The number of nitrogens with zero attached hydrogens (tertiary/aromatic N) is 2. The number of hydrogen-bond donors (Lipinski definition) is 3. The number of rotatable bonds is 10. The van der Waals surface area contributed by atoms with Crippen LogP contribution < -0.4 is 15.4 Å². The second kappa shape index (κ2) is 10.9. The van der Waals surface area contributed by atoms with Gasteiger partial charge >= 0.3 is 12.0 Å².